The summed E-state index contributed by atoms with van der Waals surface area (Å²) in [4.78, 5) is 21.1. The molecule has 0 bridgehead atoms. The molecule has 7 heteroatoms. The molecule has 4 rings (SSSR count). The molecule has 2 unspecified atom stereocenters. The van der Waals surface area contributed by atoms with Crippen LogP contribution in [0, 0.1) is 11.6 Å². The summed E-state index contributed by atoms with van der Waals surface area (Å²) in [6.45, 7) is 4.60. The Hall–Kier alpha value is -2.54. The highest BCUT2D eigenvalue weighted by molar-refractivity contribution is 5.95. The van der Waals surface area contributed by atoms with Crippen molar-refractivity contribution in [1.82, 2.24) is 14.8 Å². The van der Waals surface area contributed by atoms with Crippen molar-refractivity contribution < 1.29 is 18.3 Å². The lowest BCUT2D eigenvalue weighted by atomic mass is 10.1. The van der Waals surface area contributed by atoms with Crippen LogP contribution in [0.2, 0.25) is 0 Å². The number of pyridine rings is 1. The molecule has 2 fully saturated rings. The fraction of sp³-hybridized carbons (Fsp3) is 0.478. The maximum absolute atomic E-state index is 14.7. The van der Waals surface area contributed by atoms with Gasteiger partial charge in [-0.1, -0.05) is 6.07 Å². The fourth-order valence-electron chi connectivity index (χ4n) is 4.45. The molecule has 3 heterocycles. The topological polar surface area (TPSA) is 45.7 Å². The molecule has 1 aromatic carbocycles. The molecular formula is C23H27F2N3O2. The Labute approximate surface area is 175 Å². The highest BCUT2D eigenvalue weighted by atomic mass is 19.1. The van der Waals surface area contributed by atoms with Gasteiger partial charge in [0.15, 0.2) is 0 Å². The average molecular weight is 415 g/mol. The average Bonchev–Trinajstić information content (AvgIpc) is 3.36. The van der Waals surface area contributed by atoms with Crippen LogP contribution in [0.15, 0.2) is 36.5 Å². The van der Waals surface area contributed by atoms with Crippen LogP contribution < -0.4 is 4.74 Å². The quantitative estimate of drug-likeness (QED) is 0.715. The summed E-state index contributed by atoms with van der Waals surface area (Å²) in [5.74, 6) is -2.32. The summed E-state index contributed by atoms with van der Waals surface area (Å²) < 4.78 is 34.9. The number of hydrogen-bond acceptors (Lipinski definition) is 4. The molecule has 1 aromatic heterocycles. The third kappa shape index (κ3) is 4.46. The summed E-state index contributed by atoms with van der Waals surface area (Å²) in [5.41, 5.74) is 0.149. The zero-order valence-electron chi connectivity index (χ0n) is 17.2. The van der Waals surface area contributed by atoms with Gasteiger partial charge in [0.2, 0.25) is 0 Å². The molecular weight excluding hydrogens is 388 g/mol. The lowest BCUT2D eigenvalue weighted by Gasteiger charge is -2.31. The third-order valence-electron chi connectivity index (χ3n) is 6.12. The van der Waals surface area contributed by atoms with E-state index in [-0.39, 0.29) is 18.4 Å². The molecule has 160 valence electrons. The van der Waals surface area contributed by atoms with Crippen molar-refractivity contribution in [2.75, 3.05) is 19.6 Å². The smallest absolute Gasteiger partial charge is 0.260 e. The Morgan fingerprint density at radius 1 is 1.17 bits per heavy atom. The van der Waals surface area contributed by atoms with Gasteiger partial charge < -0.3 is 9.64 Å². The number of hydrogen-bond donors (Lipinski definition) is 0. The summed E-state index contributed by atoms with van der Waals surface area (Å²) in [6, 6.07) is 7.99. The van der Waals surface area contributed by atoms with Gasteiger partial charge in [0.1, 0.15) is 29.6 Å². The highest BCUT2D eigenvalue weighted by Gasteiger charge is 2.35. The molecule has 2 atom stereocenters. The Kier molecular flexibility index (Phi) is 6.27. The summed E-state index contributed by atoms with van der Waals surface area (Å²) in [5, 5.41) is 0. The Bertz CT molecular complexity index is 870. The van der Waals surface area contributed by atoms with E-state index >= 15 is 0 Å². The van der Waals surface area contributed by atoms with Crippen LogP contribution in [0.1, 0.15) is 48.7 Å². The van der Waals surface area contributed by atoms with Crippen molar-refractivity contribution in [3.63, 3.8) is 0 Å². The number of carbonyl (C=O) groups excluding carboxylic acids is 1. The second-order valence-corrected chi connectivity index (χ2v) is 8.15. The number of ether oxygens (including phenoxy) is 1. The number of nitrogens with zero attached hydrogens (tertiary/aromatic N) is 3. The Morgan fingerprint density at radius 2 is 1.93 bits per heavy atom. The largest absolute Gasteiger partial charge is 0.487 e. The van der Waals surface area contributed by atoms with Gasteiger partial charge >= 0.3 is 0 Å². The molecule has 0 saturated carbocycles. The van der Waals surface area contributed by atoms with Gasteiger partial charge in [0, 0.05) is 43.5 Å². The second kappa shape index (κ2) is 9.08. The van der Waals surface area contributed by atoms with Crippen LogP contribution in [0.25, 0.3) is 0 Å². The first-order valence-electron chi connectivity index (χ1n) is 10.6. The molecule has 0 spiro atoms. The minimum absolute atomic E-state index is 0.00284. The van der Waals surface area contributed by atoms with E-state index in [2.05, 4.69) is 16.8 Å². The van der Waals surface area contributed by atoms with E-state index in [1.54, 1.807) is 23.2 Å². The van der Waals surface area contributed by atoms with Crippen LogP contribution in [0.5, 0.6) is 5.75 Å². The van der Waals surface area contributed by atoms with E-state index in [1.807, 2.05) is 6.07 Å². The van der Waals surface area contributed by atoms with Crippen molar-refractivity contribution in [3.8, 4) is 5.75 Å². The predicted octanol–water partition coefficient (Wildman–Crippen LogP) is 4.03. The SMILES string of the molecule is CC1CCCN1CC1CCCN1C(=O)c1c(F)cc(OCc2ccccn2)cc1F. The van der Waals surface area contributed by atoms with Gasteiger partial charge in [-0.25, -0.2) is 8.78 Å². The van der Waals surface area contributed by atoms with Gasteiger partial charge in [-0.3, -0.25) is 14.7 Å². The molecule has 0 aliphatic carbocycles. The van der Waals surface area contributed by atoms with E-state index in [0.29, 0.717) is 18.3 Å². The molecule has 2 aliphatic heterocycles. The first-order valence-corrected chi connectivity index (χ1v) is 10.6. The number of amides is 1. The van der Waals surface area contributed by atoms with Gasteiger partial charge in [-0.15, -0.1) is 0 Å². The maximum Gasteiger partial charge on any atom is 0.260 e. The van der Waals surface area contributed by atoms with E-state index in [0.717, 1.165) is 50.9 Å². The van der Waals surface area contributed by atoms with E-state index < -0.39 is 23.1 Å². The van der Waals surface area contributed by atoms with Gasteiger partial charge in [-0.2, -0.15) is 0 Å². The lowest BCUT2D eigenvalue weighted by Crippen LogP contribution is -2.44. The monoisotopic (exact) mass is 415 g/mol. The van der Waals surface area contributed by atoms with E-state index in [4.69, 9.17) is 4.74 Å². The lowest BCUT2D eigenvalue weighted by molar-refractivity contribution is 0.0686. The van der Waals surface area contributed by atoms with Crippen LogP contribution >= 0.6 is 0 Å². The van der Waals surface area contributed by atoms with Crippen molar-refractivity contribution in [2.45, 2.75) is 51.3 Å². The van der Waals surface area contributed by atoms with Crippen LogP contribution in [0.3, 0.4) is 0 Å². The Morgan fingerprint density at radius 3 is 2.60 bits per heavy atom. The minimum atomic E-state index is -0.892. The van der Waals surface area contributed by atoms with Crippen molar-refractivity contribution in [1.29, 1.82) is 0 Å². The maximum atomic E-state index is 14.7. The van der Waals surface area contributed by atoms with Crippen molar-refractivity contribution in [3.05, 3.63) is 59.4 Å². The van der Waals surface area contributed by atoms with Crippen molar-refractivity contribution >= 4 is 5.91 Å². The van der Waals surface area contributed by atoms with Crippen LogP contribution in [-0.2, 0) is 6.61 Å². The molecule has 5 nitrogen and oxygen atoms in total. The highest BCUT2D eigenvalue weighted by Crippen LogP contribution is 2.28. The van der Waals surface area contributed by atoms with E-state index in [1.165, 1.54) is 0 Å². The van der Waals surface area contributed by atoms with E-state index in [9.17, 15) is 13.6 Å². The standard InChI is InChI=1S/C23H27F2N3O2/c1-16-6-4-10-27(16)14-18-8-5-11-28(18)23(29)22-20(24)12-19(13-21(22)25)30-15-17-7-2-3-9-26-17/h2-3,7,9,12-13,16,18H,4-6,8,10-11,14-15H2,1H3. The van der Waals surface area contributed by atoms with Gasteiger partial charge in [-0.05, 0) is 51.3 Å². The summed E-state index contributed by atoms with van der Waals surface area (Å²) in [6.07, 6.45) is 5.66. The molecule has 30 heavy (non-hydrogen) atoms. The number of likely N-dealkylation sites (tertiary alicyclic amines) is 2. The first-order chi connectivity index (χ1) is 14.5. The molecule has 0 N–H and O–H groups in total. The number of carbonyl (C=O) groups is 1. The molecule has 1 amide bonds. The van der Waals surface area contributed by atoms with Crippen LogP contribution in [-0.4, -0.2) is 52.4 Å². The zero-order valence-corrected chi connectivity index (χ0v) is 17.2. The number of benzene rings is 1. The zero-order chi connectivity index (χ0) is 21.1. The van der Waals surface area contributed by atoms with Gasteiger partial charge in [0.05, 0.1) is 5.69 Å². The summed E-state index contributed by atoms with van der Waals surface area (Å²) >= 11 is 0. The first kappa shape index (κ1) is 20.7. The second-order valence-electron chi connectivity index (χ2n) is 8.15. The fourth-order valence-corrected chi connectivity index (χ4v) is 4.45. The van der Waals surface area contributed by atoms with Crippen LogP contribution in [0.4, 0.5) is 8.78 Å². The predicted molar refractivity (Wildman–Crippen MR) is 109 cm³/mol. The minimum Gasteiger partial charge on any atom is -0.487 e. The molecule has 2 aromatic rings. The number of rotatable bonds is 6. The van der Waals surface area contributed by atoms with Gasteiger partial charge in [0.25, 0.3) is 5.91 Å². The third-order valence-corrected chi connectivity index (χ3v) is 6.12. The molecule has 2 aliphatic rings. The number of halogens is 2. The summed E-state index contributed by atoms with van der Waals surface area (Å²) in [7, 11) is 0. The normalized spacial score (nSPS) is 21.9. The molecule has 0 radical (unpaired) electrons. The molecule has 2 saturated heterocycles. The van der Waals surface area contributed by atoms with Crippen molar-refractivity contribution in [2.24, 2.45) is 0 Å². The number of aromatic nitrogens is 1. The Balaban J connectivity index is 1.46.